The summed E-state index contributed by atoms with van der Waals surface area (Å²) < 4.78 is 17.6. The number of furan rings is 1. The van der Waals surface area contributed by atoms with Crippen molar-refractivity contribution in [2.45, 2.75) is 51.0 Å². The van der Waals surface area contributed by atoms with Crippen LogP contribution in [0.1, 0.15) is 55.5 Å². The van der Waals surface area contributed by atoms with Crippen LogP contribution in [-0.4, -0.2) is 38.6 Å². The van der Waals surface area contributed by atoms with Crippen LogP contribution in [0.4, 0.5) is 0 Å². The number of carbonyl (C=O) groups excluding carboxylic acids is 1. The molecule has 0 spiro atoms. The predicted octanol–water partition coefficient (Wildman–Crippen LogP) is 2.69. The fourth-order valence-corrected chi connectivity index (χ4v) is 4.02. The molecule has 0 radical (unpaired) electrons. The van der Waals surface area contributed by atoms with Gasteiger partial charge in [-0.1, -0.05) is 13.8 Å². The summed E-state index contributed by atoms with van der Waals surface area (Å²) in [6, 6.07) is 1.85. The molecule has 1 amide bonds. The van der Waals surface area contributed by atoms with E-state index in [0.29, 0.717) is 24.4 Å². The van der Waals surface area contributed by atoms with Gasteiger partial charge in [0.05, 0.1) is 5.56 Å². The third-order valence-electron chi connectivity index (χ3n) is 3.77. The van der Waals surface area contributed by atoms with Crippen LogP contribution in [0.2, 0.25) is 0 Å². The lowest BCUT2D eigenvalue weighted by Gasteiger charge is -2.34. The van der Waals surface area contributed by atoms with Gasteiger partial charge in [0, 0.05) is 40.3 Å². The normalized spacial score (nSPS) is 24.4. The van der Waals surface area contributed by atoms with E-state index in [9.17, 15) is 9.00 Å². The molecule has 20 heavy (non-hydrogen) atoms. The second kappa shape index (κ2) is 5.72. The van der Waals surface area contributed by atoms with E-state index in [1.807, 2.05) is 40.7 Å². The second-order valence-electron chi connectivity index (χ2n) is 5.93. The van der Waals surface area contributed by atoms with Gasteiger partial charge in [-0.15, -0.1) is 0 Å². The van der Waals surface area contributed by atoms with Gasteiger partial charge in [0.25, 0.3) is 5.91 Å². The van der Waals surface area contributed by atoms with Crippen molar-refractivity contribution in [2.75, 3.05) is 13.1 Å². The first kappa shape index (κ1) is 15.3. The van der Waals surface area contributed by atoms with Crippen molar-refractivity contribution in [3.63, 3.8) is 0 Å². The molecule has 0 saturated carbocycles. The minimum Gasteiger partial charge on any atom is -0.465 e. The van der Waals surface area contributed by atoms with Gasteiger partial charge in [-0.2, -0.15) is 0 Å². The SMILES string of the molecule is Cc1oc(C(C)C)cc1C(=O)N1C[C@H](C)S(=O)[C@@H](C)C1. The Morgan fingerprint density at radius 1 is 1.35 bits per heavy atom. The van der Waals surface area contributed by atoms with Crippen molar-refractivity contribution in [1.29, 1.82) is 0 Å². The molecule has 2 heterocycles. The Morgan fingerprint density at radius 3 is 2.35 bits per heavy atom. The third-order valence-corrected chi connectivity index (χ3v) is 5.66. The first-order valence-corrected chi connectivity index (χ1v) is 8.37. The maximum absolute atomic E-state index is 12.6. The summed E-state index contributed by atoms with van der Waals surface area (Å²) in [5.74, 6) is 1.77. The van der Waals surface area contributed by atoms with E-state index in [1.54, 1.807) is 4.90 Å². The van der Waals surface area contributed by atoms with E-state index >= 15 is 0 Å². The summed E-state index contributed by atoms with van der Waals surface area (Å²) in [5, 5.41) is 0.0546. The third kappa shape index (κ3) is 2.82. The van der Waals surface area contributed by atoms with Gasteiger partial charge in [0.15, 0.2) is 0 Å². The van der Waals surface area contributed by atoms with E-state index in [-0.39, 0.29) is 22.3 Å². The van der Waals surface area contributed by atoms with E-state index in [0.717, 1.165) is 5.76 Å². The van der Waals surface area contributed by atoms with Gasteiger partial charge in [0.2, 0.25) is 0 Å². The molecule has 112 valence electrons. The first-order chi connectivity index (χ1) is 9.31. The molecule has 5 heteroatoms. The average Bonchev–Trinajstić information content (AvgIpc) is 2.76. The number of aryl methyl sites for hydroxylation is 1. The Labute approximate surface area is 123 Å². The Morgan fingerprint density at radius 2 is 1.90 bits per heavy atom. The van der Waals surface area contributed by atoms with Crippen LogP contribution in [0.5, 0.6) is 0 Å². The van der Waals surface area contributed by atoms with E-state index in [1.165, 1.54) is 0 Å². The van der Waals surface area contributed by atoms with Crippen molar-refractivity contribution < 1.29 is 13.4 Å². The molecular formula is C15H23NO3S. The summed E-state index contributed by atoms with van der Waals surface area (Å²) >= 11 is 0. The fraction of sp³-hybridized carbons (Fsp3) is 0.667. The number of nitrogens with zero attached hydrogens (tertiary/aromatic N) is 1. The fourth-order valence-electron chi connectivity index (χ4n) is 2.58. The van der Waals surface area contributed by atoms with Crippen molar-refractivity contribution in [3.8, 4) is 0 Å². The van der Waals surface area contributed by atoms with Gasteiger partial charge in [-0.3, -0.25) is 9.00 Å². The van der Waals surface area contributed by atoms with Crippen LogP contribution in [-0.2, 0) is 10.8 Å². The molecule has 2 rings (SSSR count). The molecule has 1 aromatic rings. The Kier molecular flexibility index (Phi) is 4.37. The first-order valence-electron chi connectivity index (χ1n) is 7.10. The molecule has 2 atom stereocenters. The molecule has 0 aliphatic carbocycles. The van der Waals surface area contributed by atoms with E-state index in [4.69, 9.17) is 4.42 Å². The molecule has 0 N–H and O–H groups in total. The number of rotatable bonds is 2. The van der Waals surface area contributed by atoms with Crippen molar-refractivity contribution in [1.82, 2.24) is 4.90 Å². The number of hydrogen-bond donors (Lipinski definition) is 0. The van der Waals surface area contributed by atoms with Crippen LogP contribution < -0.4 is 0 Å². The molecule has 1 saturated heterocycles. The predicted molar refractivity (Wildman–Crippen MR) is 80.5 cm³/mol. The molecule has 1 fully saturated rings. The maximum Gasteiger partial charge on any atom is 0.257 e. The zero-order valence-electron chi connectivity index (χ0n) is 12.8. The van der Waals surface area contributed by atoms with Gasteiger partial charge in [-0.25, -0.2) is 0 Å². The van der Waals surface area contributed by atoms with Gasteiger partial charge in [-0.05, 0) is 26.8 Å². The van der Waals surface area contributed by atoms with Crippen LogP contribution >= 0.6 is 0 Å². The monoisotopic (exact) mass is 297 g/mol. The summed E-state index contributed by atoms with van der Waals surface area (Å²) in [5.41, 5.74) is 0.640. The van der Waals surface area contributed by atoms with Crippen molar-refractivity contribution in [3.05, 3.63) is 23.2 Å². The maximum atomic E-state index is 12.6. The minimum atomic E-state index is -0.848. The molecule has 1 aliphatic heterocycles. The average molecular weight is 297 g/mol. The number of amides is 1. The summed E-state index contributed by atoms with van der Waals surface area (Å²) in [6.07, 6.45) is 0. The molecule has 1 aromatic heterocycles. The van der Waals surface area contributed by atoms with Crippen molar-refractivity contribution in [2.24, 2.45) is 0 Å². The van der Waals surface area contributed by atoms with Crippen LogP contribution in [0.3, 0.4) is 0 Å². The topological polar surface area (TPSA) is 50.5 Å². The quantitative estimate of drug-likeness (QED) is 0.843. The van der Waals surface area contributed by atoms with Crippen LogP contribution in [0, 0.1) is 6.92 Å². The highest BCUT2D eigenvalue weighted by Gasteiger charge is 2.32. The lowest BCUT2D eigenvalue weighted by atomic mass is 10.1. The van der Waals surface area contributed by atoms with Gasteiger partial charge in [0.1, 0.15) is 11.5 Å². The molecular weight excluding hydrogens is 274 g/mol. The lowest BCUT2D eigenvalue weighted by molar-refractivity contribution is 0.0749. The highest BCUT2D eigenvalue weighted by Crippen LogP contribution is 2.24. The highest BCUT2D eigenvalue weighted by molar-refractivity contribution is 7.86. The van der Waals surface area contributed by atoms with E-state index < -0.39 is 10.8 Å². The zero-order chi connectivity index (χ0) is 15.0. The van der Waals surface area contributed by atoms with E-state index in [2.05, 4.69) is 0 Å². The lowest BCUT2D eigenvalue weighted by Crippen LogP contribution is -2.49. The number of carbonyl (C=O) groups is 1. The van der Waals surface area contributed by atoms with Gasteiger partial charge >= 0.3 is 0 Å². The van der Waals surface area contributed by atoms with Crippen LogP contribution in [0.25, 0.3) is 0 Å². The molecule has 0 aromatic carbocycles. The second-order valence-corrected chi connectivity index (χ2v) is 8.20. The number of hydrogen-bond acceptors (Lipinski definition) is 3. The molecule has 4 nitrogen and oxygen atoms in total. The zero-order valence-corrected chi connectivity index (χ0v) is 13.6. The Bertz CT molecular complexity index is 521. The Hall–Kier alpha value is -1.10. The van der Waals surface area contributed by atoms with Crippen molar-refractivity contribution >= 4 is 16.7 Å². The largest absolute Gasteiger partial charge is 0.465 e. The highest BCUT2D eigenvalue weighted by atomic mass is 32.2. The summed E-state index contributed by atoms with van der Waals surface area (Å²) in [6.45, 7) is 10.9. The van der Waals surface area contributed by atoms with Crippen LogP contribution in [0.15, 0.2) is 10.5 Å². The standard InChI is InChI=1S/C15H23NO3S/c1-9(2)14-6-13(12(5)19-14)15(17)16-7-10(3)20(18)11(4)8-16/h6,9-11H,7-8H2,1-5H3/t10-,11-/m0/s1. The summed E-state index contributed by atoms with van der Waals surface area (Å²) in [4.78, 5) is 14.4. The molecule has 1 aliphatic rings. The minimum absolute atomic E-state index is 0.00597. The smallest absolute Gasteiger partial charge is 0.257 e. The Balaban J connectivity index is 2.21. The molecule has 0 unspecified atom stereocenters. The van der Waals surface area contributed by atoms with Gasteiger partial charge < -0.3 is 9.32 Å². The molecule has 0 bridgehead atoms. The summed E-state index contributed by atoms with van der Waals surface area (Å²) in [7, 11) is -0.848.